The molecule has 0 unspecified atom stereocenters. The summed E-state index contributed by atoms with van der Waals surface area (Å²) >= 11 is 0. The van der Waals surface area contributed by atoms with Crippen LogP contribution in [0.25, 0.3) is 0 Å². The predicted molar refractivity (Wildman–Crippen MR) is 52.6 cm³/mol. The SMILES string of the molecule is Cc1ccnc(C)c1C.O=S(=O)(O)O. The van der Waals surface area contributed by atoms with Crippen LogP contribution in [0.4, 0.5) is 0 Å². The Labute approximate surface area is 83.4 Å². The molecule has 1 aromatic heterocycles. The molecule has 1 heterocycles. The fourth-order valence-corrected chi connectivity index (χ4v) is 0.768. The van der Waals surface area contributed by atoms with E-state index in [1.54, 1.807) is 0 Å². The van der Waals surface area contributed by atoms with Gasteiger partial charge in [-0.2, -0.15) is 8.42 Å². The van der Waals surface area contributed by atoms with E-state index >= 15 is 0 Å². The molecule has 0 fully saturated rings. The maximum atomic E-state index is 8.74. The number of rotatable bonds is 0. The lowest BCUT2D eigenvalue weighted by Crippen LogP contribution is -1.89. The molecule has 0 aromatic carbocycles. The van der Waals surface area contributed by atoms with E-state index in [2.05, 4.69) is 18.8 Å². The van der Waals surface area contributed by atoms with E-state index in [1.807, 2.05) is 19.2 Å². The second-order valence-electron chi connectivity index (χ2n) is 2.79. The molecule has 1 rings (SSSR count). The molecule has 0 aliphatic heterocycles. The Morgan fingerprint density at radius 3 is 1.93 bits per heavy atom. The molecular weight excluding hydrogens is 206 g/mol. The highest BCUT2D eigenvalue weighted by Crippen LogP contribution is 2.06. The quantitative estimate of drug-likeness (QED) is 0.643. The van der Waals surface area contributed by atoms with E-state index in [0.717, 1.165) is 5.69 Å². The number of hydrogen-bond acceptors (Lipinski definition) is 3. The van der Waals surface area contributed by atoms with E-state index in [9.17, 15) is 0 Å². The van der Waals surface area contributed by atoms with Crippen LogP contribution in [-0.2, 0) is 10.4 Å². The van der Waals surface area contributed by atoms with Gasteiger partial charge in [0.2, 0.25) is 0 Å². The summed E-state index contributed by atoms with van der Waals surface area (Å²) in [6.07, 6.45) is 1.84. The highest BCUT2D eigenvalue weighted by Gasteiger charge is 1.93. The van der Waals surface area contributed by atoms with Crippen LogP contribution in [0.5, 0.6) is 0 Å². The molecule has 0 amide bonds. The van der Waals surface area contributed by atoms with Gasteiger partial charge in [0, 0.05) is 11.9 Å². The van der Waals surface area contributed by atoms with E-state index in [4.69, 9.17) is 17.5 Å². The minimum Gasteiger partial charge on any atom is -0.264 e. The Bertz CT molecular complexity index is 372. The second-order valence-corrected chi connectivity index (χ2v) is 3.68. The van der Waals surface area contributed by atoms with Gasteiger partial charge in [-0.3, -0.25) is 14.1 Å². The van der Waals surface area contributed by atoms with Crippen molar-refractivity contribution in [1.29, 1.82) is 0 Å². The fourth-order valence-electron chi connectivity index (χ4n) is 0.768. The number of aryl methyl sites for hydroxylation is 2. The molecule has 0 radical (unpaired) electrons. The Morgan fingerprint density at radius 2 is 1.64 bits per heavy atom. The molecule has 5 nitrogen and oxygen atoms in total. The summed E-state index contributed by atoms with van der Waals surface area (Å²) in [5.74, 6) is 0. The zero-order chi connectivity index (χ0) is 11.4. The third kappa shape index (κ3) is 6.53. The third-order valence-electron chi connectivity index (χ3n) is 1.73. The van der Waals surface area contributed by atoms with Crippen LogP contribution < -0.4 is 0 Å². The van der Waals surface area contributed by atoms with Crippen molar-refractivity contribution in [2.75, 3.05) is 0 Å². The van der Waals surface area contributed by atoms with Crippen molar-refractivity contribution in [2.45, 2.75) is 20.8 Å². The number of aromatic nitrogens is 1. The van der Waals surface area contributed by atoms with Gasteiger partial charge in [0.15, 0.2) is 0 Å². The van der Waals surface area contributed by atoms with Crippen LogP contribution in [0.15, 0.2) is 12.3 Å². The molecule has 0 aliphatic rings. The van der Waals surface area contributed by atoms with Gasteiger partial charge < -0.3 is 0 Å². The van der Waals surface area contributed by atoms with E-state index in [0.29, 0.717) is 0 Å². The molecule has 0 spiro atoms. The zero-order valence-electron chi connectivity index (χ0n) is 8.22. The molecule has 0 saturated carbocycles. The molecule has 0 atom stereocenters. The first-order chi connectivity index (χ1) is 6.22. The Morgan fingerprint density at radius 1 is 1.21 bits per heavy atom. The summed E-state index contributed by atoms with van der Waals surface area (Å²) in [5.41, 5.74) is 3.76. The van der Waals surface area contributed by atoms with Crippen LogP contribution in [0.2, 0.25) is 0 Å². The van der Waals surface area contributed by atoms with Gasteiger partial charge in [-0.1, -0.05) is 0 Å². The van der Waals surface area contributed by atoms with Crippen LogP contribution in [0.3, 0.4) is 0 Å². The lowest BCUT2D eigenvalue weighted by atomic mass is 10.1. The summed E-state index contributed by atoms with van der Waals surface area (Å²) in [5, 5.41) is 0. The van der Waals surface area contributed by atoms with Crippen molar-refractivity contribution in [1.82, 2.24) is 4.98 Å². The lowest BCUT2D eigenvalue weighted by Gasteiger charge is -1.99. The number of hydrogen-bond donors (Lipinski definition) is 2. The van der Waals surface area contributed by atoms with E-state index in [1.165, 1.54) is 11.1 Å². The number of pyridine rings is 1. The highest BCUT2D eigenvalue weighted by atomic mass is 32.3. The molecule has 80 valence electrons. The van der Waals surface area contributed by atoms with Crippen molar-refractivity contribution >= 4 is 10.4 Å². The minimum atomic E-state index is -4.67. The summed E-state index contributed by atoms with van der Waals surface area (Å²) in [6, 6.07) is 2.03. The lowest BCUT2D eigenvalue weighted by molar-refractivity contribution is 0.381. The monoisotopic (exact) mass is 219 g/mol. The highest BCUT2D eigenvalue weighted by molar-refractivity contribution is 7.79. The van der Waals surface area contributed by atoms with Gasteiger partial charge in [0.05, 0.1) is 0 Å². The Kier molecular flexibility index (Phi) is 4.69. The van der Waals surface area contributed by atoms with Crippen LogP contribution in [-0.4, -0.2) is 22.5 Å². The van der Waals surface area contributed by atoms with E-state index < -0.39 is 10.4 Å². The Balaban J connectivity index is 0.000000292. The predicted octanol–water partition coefficient (Wildman–Crippen LogP) is 1.35. The first-order valence-corrected chi connectivity index (χ1v) is 5.20. The second kappa shape index (κ2) is 5.04. The minimum absolute atomic E-state index is 1.13. The van der Waals surface area contributed by atoms with Gasteiger partial charge >= 0.3 is 10.4 Å². The summed E-state index contributed by atoms with van der Waals surface area (Å²) in [6.45, 7) is 6.23. The fraction of sp³-hybridized carbons (Fsp3) is 0.375. The maximum Gasteiger partial charge on any atom is 0.394 e. The number of nitrogens with zero attached hydrogens (tertiary/aromatic N) is 1. The standard InChI is InChI=1S/C8H11N.H2O4S/c1-6-4-5-9-8(3)7(6)2;1-5(2,3)4/h4-5H,1-3H3;(H2,1,2,3,4). The molecule has 14 heavy (non-hydrogen) atoms. The summed E-state index contributed by atoms with van der Waals surface area (Å²) in [4.78, 5) is 4.14. The zero-order valence-corrected chi connectivity index (χ0v) is 9.04. The van der Waals surface area contributed by atoms with Gasteiger partial charge in [0.25, 0.3) is 0 Å². The van der Waals surface area contributed by atoms with Crippen LogP contribution in [0, 0.1) is 20.8 Å². The van der Waals surface area contributed by atoms with Gasteiger partial charge in [-0.15, -0.1) is 0 Å². The molecule has 0 aliphatic carbocycles. The molecule has 6 heteroatoms. The molecule has 0 saturated heterocycles. The van der Waals surface area contributed by atoms with Gasteiger partial charge in [0.1, 0.15) is 0 Å². The summed E-state index contributed by atoms with van der Waals surface area (Å²) < 4.78 is 31.6. The molecule has 0 bridgehead atoms. The Hall–Kier alpha value is -0.980. The van der Waals surface area contributed by atoms with Crippen molar-refractivity contribution in [3.63, 3.8) is 0 Å². The van der Waals surface area contributed by atoms with Crippen LogP contribution >= 0.6 is 0 Å². The average Bonchev–Trinajstić information content (AvgIpc) is 1.97. The smallest absolute Gasteiger partial charge is 0.264 e. The first-order valence-electron chi connectivity index (χ1n) is 3.80. The third-order valence-corrected chi connectivity index (χ3v) is 1.73. The first kappa shape index (κ1) is 13.0. The topological polar surface area (TPSA) is 87.5 Å². The molecule has 2 N–H and O–H groups in total. The van der Waals surface area contributed by atoms with Gasteiger partial charge in [-0.05, 0) is 38.0 Å². The van der Waals surface area contributed by atoms with E-state index in [-0.39, 0.29) is 0 Å². The average molecular weight is 219 g/mol. The van der Waals surface area contributed by atoms with Crippen molar-refractivity contribution in [3.05, 3.63) is 29.1 Å². The largest absolute Gasteiger partial charge is 0.394 e. The summed E-state index contributed by atoms with van der Waals surface area (Å²) in [7, 11) is -4.67. The van der Waals surface area contributed by atoms with Crippen molar-refractivity contribution < 1.29 is 17.5 Å². The van der Waals surface area contributed by atoms with Gasteiger partial charge in [-0.25, -0.2) is 0 Å². The normalized spacial score (nSPS) is 10.4. The maximum absolute atomic E-state index is 8.74. The van der Waals surface area contributed by atoms with Crippen molar-refractivity contribution in [2.24, 2.45) is 0 Å². The van der Waals surface area contributed by atoms with Crippen molar-refractivity contribution in [3.8, 4) is 0 Å². The molecular formula is C8H13NO4S. The molecule has 1 aromatic rings. The van der Waals surface area contributed by atoms with Crippen LogP contribution in [0.1, 0.15) is 16.8 Å².